The average molecular weight is 364 g/mol. The van der Waals surface area contributed by atoms with Gasteiger partial charge in [-0.25, -0.2) is 9.37 Å². The Morgan fingerprint density at radius 3 is 2.63 bits per heavy atom. The Morgan fingerprint density at radius 1 is 1.04 bits per heavy atom. The van der Waals surface area contributed by atoms with Crippen LogP contribution in [-0.4, -0.2) is 15.3 Å². The third-order valence-corrected chi connectivity index (χ3v) is 5.16. The quantitative estimate of drug-likeness (QED) is 0.658. The monoisotopic (exact) mass is 364 g/mol. The molecule has 2 aromatic carbocycles. The van der Waals surface area contributed by atoms with Crippen LogP contribution in [0.5, 0.6) is 0 Å². The number of fused-ring (bicyclic) bond motifs is 2. The van der Waals surface area contributed by atoms with Crippen LogP contribution in [0.15, 0.2) is 47.3 Å². The van der Waals surface area contributed by atoms with Gasteiger partial charge in [-0.15, -0.1) is 0 Å². The summed E-state index contributed by atoms with van der Waals surface area (Å²) in [5.74, 6) is 0.393. The smallest absolute Gasteiger partial charge is 0.261 e. The van der Waals surface area contributed by atoms with Gasteiger partial charge in [-0.05, 0) is 54.8 Å². The van der Waals surface area contributed by atoms with Crippen LogP contribution in [0.3, 0.4) is 0 Å². The third kappa shape index (κ3) is 3.68. The fourth-order valence-electron chi connectivity index (χ4n) is 3.67. The van der Waals surface area contributed by atoms with E-state index < -0.39 is 0 Å². The fourth-order valence-corrected chi connectivity index (χ4v) is 3.67. The van der Waals surface area contributed by atoms with Crippen molar-refractivity contribution in [2.45, 2.75) is 45.1 Å². The van der Waals surface area contributed by atoms with E-state index in [-0.39, 0.29) is 23.6 Å². The van der Waals surface area contributed by atoms with Crippen LogP contribution in [0.2, 0.25) is 0 Å². The largest absolute Gasteiger partial charge is 0.296 e. The second kappa shape index (κ2) is 7.43. The van der Waals surface area contributed by atoms with Crippen LogP contribution in [0.1, 0.15) is 47.4 Å². The summed E-state index contributed by atoms with van der Waals surface area (Å²) in [5, 5.41) is 0.595. The van der Waals surface area contributed by atoms with Crippen LogP contribution >= 0.6 is 0 Å². The molecule has 0 unspecified atom stereocenters. The van der Waals surface area contributed by atoms with Crippen molar-refractivity contribution in [1.29, 1.82) is 0 Å². The summed E-state index contributed by atoms with van der Waals surface area (Å²) in [6, 6.07) is 11.0. The normalized spacial score (nSPS) is 14.4. The molecule has 0 saturated heterocycles. The molecule has 0 fully saturated rings. The van der Waals surface area contributed by atoms with Gasteiger partial charge in [0.1, 0.15) is 11.6 Å². The molecule has 5 heteroatoms. The molecule has 1 aliphatic rings. The molecule has 4 rings (SSSR count). The third-order valence-electron chi connectivity index (χ3n) is 5.16. The van der Waals surface area contributed by atoms with E-state index in [0.717, 1.165) is 43.6 Å². The Morgan fingerprint density at radius 2 is 1.81 bits per heavy atom. The minimum Gasteiger partial charge on any atom is -0.296 e. The lowest BCUT2D eigenvalue weighted by atomic mass is 10.0. The maximum Gasteiger partial charge on any atom is 0.261 e. The lowest BCUT2D eigenvalue weighted by Gasteiger charge is -2.16. The molecule has 0 bridgehead atoms. The summed E-state index contributed by atoms with van der Waals surface area (Å²) in [6.07, 6.45) is 5.37. The van der Waals surface area contributed by atoms with E-state index >= 15 is 0 Å². The fraction of sp³-hybridized carbons (Fsp3) is 0.318. The average Bonchev–Trinajstić information content (AvgIpc) is 2.64. The number of rotatable bonds is 3. The Kier molecular flexibility index (Phi) is 4.84. The molecule has 0 saturated carbocycles. The van der Waals surface area contributed by atoms with Crippen LogP contribution in [0.25, 0.3) is 10.9 Å². The molecule has 0 aliphatic carbocycles. The van der Waals surface area contributed by atoms with Gasteiger partial charge in [-0.1, -0.05) is 18.9 Å². The van der Waals surface area contributed by atoms with Crippen LogP contribution in [-0.2, 0) is 19.4 Å². The van der Waals surface area contributed by atoms with Gasteiger partial charge >= 0.3 is 0 Å². The van der Waals surface area contributed by atoms with E-state index in [1.54, 1.807) is 6.07 Å². The second-order valence-electron chi connectivity index (χ2n) is 7.11. The first-order valence-corrected chi connectivity index (χ1v) is 9.43. The number of aryl methyl sites for hydroxylation is 1. The first-order valence-electron chi connectivity index (χ1n) is 9.43. The highest BCUT2D eigenvalue weighted by Gasteiger charge is 2.14. The minimum absolute atomic E-state index is 0.00770. The van der Waals surface area contributed by atoms with Gasteiger partial charge in [0, 0.05) is 24.9 Å². The van der Waals surface area contributed by atoms with E-state index in [0.29, 0.717) is 16.5 Å². The summed E-state index contributed by atoms with van der Waals surface area (Å²) >= 11 is 0. The maximum absolute atomic E-state index is 13.0. The van der Waals surface area contributed by atoms with Crippen LogP contribution in [0.4, 0.5) is 4.39 Å². The SMILES string of the molecule is O=C(Cc1ccc2c(=O)n3c(nc2c1)CCCCCC3)c1ccc(F)cc1. The van der Waals surface area contributed by atoms with Crippen molar-refractivity contribution in [2.75, 3.05) is 0 Å². The van der Waals surface area contributed by atoms with Crippen LogP contribution in [0, 0.1) is 5.82 Å². The molecule has 4 nitrogen and oxygen atoms in total. The molecule has 138 valence electrons. The van der Waals surface area contributed by atoms with Crippen molar-refractivity contribution in [3.8, 4) is 0 Å². The standard InChI is InChI=1S/C22H21FN2O2/c23-17-9-7-16(8-10-17)20(26)14-15-6-11-18-19(13-15)24-21-5-3-1-2-4-12-25(21)22(18)27/h6-11,13H,1-5,12,14H2. The highest BCUT2D eigenvalue weighted by molar-refractivity contribution is 5.97. The van der Waals surface area contributed by atoms with Crippen molar-refractivity contribution in [3.63, 3.8) is 0 Å². The van der Waals surface area contributed by atoms with E-state index in [9.17, 15) is 14.0 Å². The van der Waals surface area contributed by atoms with Gasteiger partial charge in [0.05, 0.1) is 10.9 Å². The molecule has 0 atom stereocenters. The lowest BCUT2D eigenvalue weighted by Crippen LogP contribution is -2.26. The number of hydrogen-bond acceptors (Lipinski definition) is 3. The zero-order valence-electron chi connectivity index (χ0n) is 15.1. The number of aromatic nitrogens is 2. The van der Waals surface area contributed by atoms with E-state index in [4.69, 9.17) is 4.98 Å². The number of benzene rings is 2. The topological polar surface area (TPSA) is 52.0 Å². The number of carbonyl (C=O) groups is 1. The van der Waals surface area contributed by atoms with Gasteiger partial charge in [0.25, 0.3) is 5.56 Å². The maximum atomic E-state index is 13.0. The van der Waals surface area contributed by atoms with Gasteiger partial charge in [0.15, 0.2) is 5.78 Å². The van der Waals surface area contributed by atoms with Gasteiger partial charge in [-0.2, -0.15) is 0 Å². The van der Waals surface area contributed by atoms with Crippen molar-refractivity contribution in [1.82, 2.24) is 9.55 Å². The van der Waals surface area contributed by atoms with E-state index in [1.165, 1.54) is 30.7 Å². The molecule has 2 heterocycles. The lowest BCUT2D eigenvalue weighted by molar-refractivity contribution is 0.0993. The molecule has 1 aromatic heterocycles. The van der Waals surface area contributed by atoms with E-state index in [2.05, 4.69) is 0 Å². The molecular formula is C22H21FN2O2. The minimum atomic E-state index is -0.363. The number of nitrogens with zero attached hydrogens (tertiary/aromatic N) is 2. The zero-order valence-corrected chi connectivity index (χ0v) is 15.1. The number of ketones is 1. The zero-order chi connectivity index (χ0) is 18.8. The number of carbonyl (C=O) groups excluding carboxylic acids is 1. The Bertz CT molecular complexity index is 1050. The highest BCUT2D eigenvalue weighted by atomic mass is 19.1. The van der Waals surface area contributed by atoms with Gasteiger partial charge in [-0.3, -0.25) is 14.2 Å². The van der Waals surface area contributed by atoms with Crippen molar-refractivity contribution < 1.29 is 9.18 Å². The molecule has 0 spiro atoms. The van der Waals surface area contributed by atoms with Gasteiger partial charge in [0.2, 0.25) is 0 Å². The summed E-state index contributed by atoms with van der Waals surface area (Å²) in [5.41, 5.74) is 1.94. The molecule has 0 amide bonds. The molecular weight excluding hydrogens is 343 g/mol. The van der Waals surface area contributed by atoms with Crippen molar-refractivity contribution in [2.24, 2.45) is 0 Å². The summed E-state index contributed by atoms with van der Waals surface area (Å²) in [4.78, 5) is 30.0. The molecule has 27 heavy (non-hydrogen) atoms. The first kappa shape index (κ1) is 17.6. The molecule has 3 aromatic rings. The summed E-state index contributed by atoms with van der Waals surface area (Å²) in [7, 11) is 0. The second-order valence-corrected chi connectivity index (χ2v) is 7.11. The predicted molar refractivity (Wildman–Crippen MR) is 103 cm³/mol. The predicted octanol–water partition coefficient (Wildman–Crippen LogP) is 4.08. The molecule has 0 N–H and O–H groups in total. The molecule has 1 aliphatic heterocycles. The highest BCUT2D eigenvalue weighted by Crippen LogP contribution is 2.17. The first-order chi connectivity index (χ1) is 13.1. The number of hydrogen-bond donors (Lipinski definition) is 0. The summed E-state index contributed by atoms with van der Waals surface area (Å²) < 4.78 is 14.8. The molecule has 0 radical (unpaired) electrons. The Balaban J connectivity index is 1.67. The number of Topliss-reactive ketones (excluding diaryl/α,β-unsaturated/α-hetero) is 1. The van der Waals surface area contributed by atoms with E-state index in [1.807, 2.05) is 16.7 Å². The Labute approximate surface area is 156 Å². The van der Waals surface area contributed by atoms with Crippen molar-refractivity contribution in [3.05, 3.63) is 75.6 Å². The van der Waals surface area contributed by atoms with Crippen LogP contribution < -0.4 is 5.56 Å². The Hall–Kier alpha value is -2.82. The number of halogens is 1. The van der Waals surface area contributed by atoms with Crippen molar-refractivity contribution >= 4 is 16.7 Å². The summed E-state index contributed by atoms with van der Waals surface area (Å²) in [6.45, 7) is 0.724. The van der Waals surface area contributed by atoms with Gasteiger partial charge < -0.3 is 0 Å².